The van der Waals surface area contributed by atoms with E-state index >= 15 is 0 Å². The quantitative estimate of drug-likeness (QED) is 0.831. The topological polar surface area (TPSA) is 55.1 Å². The number of aryl methyl sites for hydroxylation is 1. The van der Waals surface area contributed by atoms with Crippen LogP contribution >= 0.6 is 11.3 Å². The summed E-state index contributed by atoms with van der Waals surface area (Å²) >= 11 is 1.57. The highest BCUT2D eigenvalue weighted by atomic mass is 32.1. The number of carbonyl (C=O) groups excluding carboxylic acids is 1. The van der Waals surface area contributed by atoms with E-state index in [2.05, 4.69) is 10.5 Å². The number of anilines is 1. The van der Waals surface area contributed by atoms with Crippen LogP contribution in [0, 0.1) is 6.92 Å². The number of hydrogen-bond donors (Lipinski definition) is 1. The van der Waals surface area contributed by atoms with Gasteiger partial charge >= 0.3 is 0 Å². The van der Waals surface area contributed by atoms with Crippen LogP contribution in [0.4, 0.5) is 5.82 Å². The molecule has 0 atom stereocenters. The number of nitrogens with zero attached hydrogens (tertiary/aromatic N) is 1. The minimum Gasteiger partial charge on any atom is -0.360 e. The van der Waals surface area contributed by atoms with Gasteiger partial charge in [0.1, 0.15) is 5.76 Å². The van der Waals surface area contributed by atoms with Gasteiger partial charge in [-0.2, -0.15) is 0 Å². The summed E-state index contributed by atoms with van der Waals surface area (Å²) in [6.07, 6.45) is 3.22. The van der Waals surface area contributed by atoms with E-state index in [1.165, 1.54) is 6.08 Å². The molecule has 0 unspecified atom stereocenters. The average molecular weight is 234 g/mol. The highest BCUT2D eigenvalue weighted by Gasteiger charge is 2.02. The van der Waals surface area contributed by atoms with E-state index in [4.69, 9.17) is 4.52 Å². The third-order valence-corrected chi connectivity index (χ3v) is 2.66. The van der Waals surface area contributed by atoms with Crippen molar-refractivity contribution in [3.05, 3.63) is 40.3 Å². The van der Waals surface area contributed by atoms with E-state index in [1.807, 2.05) is 17.5 Å². The Morgan fingerprint density at radius 2 is 2.50 bits per heavy atom. The first-order valence-corrected chi connectivity index (χ1v) is 5.58. The van der Waals surface area contributed by atoms with Gasteiger partial charge in [-0.25, -0.2) is 0 Å². The smallest absolute Gasteiger partial charge is 0.249 e. The van der Waals surface area contributed by atoms with Crippen molar-refractivity contribution in [2.45, 2.75) is 6.92 Å². The van der Waals surface area contributed by atoms with E-state index in [0.717, 1.165) is 4.88 Å². The summed E-state index contributed by atoms with van der Waals surface area (Å²) < 4.78 is 4.83. The first kappa shape index (κ1) is 10.6. The average Bonchev–Trinajstić information content (AvgIpc) is 2.87. The lowest BCUT2D eigenvalue weighted by atomic mass is 10.4. The van der Waals surface area contributed by atoms with E-state index in [9.17, 15) is 4.79 Å². The summed E-state index contributed by atoms with van der Waals surface area (Å²) in [4.78, 5) is 12.5. The molecule has 0 saturated heterocycles. The Morgan fingerprint density at radius 3 is 3.12 bits per heavy atom. The maximum absolute atomic E-state index is 11.4. The molecule has 0 bridgehead atoms. The second kappa shape index (κ2) is 4.76. The lowest BCUT2D eigenvalue weighted by Gasteiger charge is -1.93. The van der Waals surface area contributed by atoms with Crippen molar-refractivity contribution in [3.8, 4) is 0 Å². The van der Waals surface area contributed by atoms with Crippen LogP contribution in [-0.4, -0.2) is 11.1 Å². The van der Waals surface area contributed by atoms with Crippen LogP contribution in [0.1, 0.15) is 10.6 Å². The number of carbonyl (C=O) groups is 1. The number of thiophene rings is 1. The highest BCUT2D eigenvalue weighted by Crippen LogP contribution is 2.11. The number of nitrogens with one attached hydrogen (secondary N) is 1. The molecule has 0 fully saturated rings. The van der Waals surface area contributed by atoms with Crippen LogP contribution in [0.5, 0.6) is 0 Å². The van der Waals surface area contributed by atoms with Gasteiger partial charge in [-0.15, -0.1) is 11.3 Å². The Hall–Kier alpha value is -1.88. The lowest BCUT2D eigenvalue weighted by molar-refractivity contribution is -0.111. The van der Waals surface area contributed by atoms with Crippen molar-refractivity contribution >= 4 is 29.1 Å². The second-order valence-corrected chi connectivity index (χ2v) is 4.14. The Morgan fingerprint density at radius 1 is 1.62 bits per heavy atom. The predicted octanol–water partition coefficient (Wildman–Crippen LogP) is 2.70. The van der Waals surface area contributed by atoms with Gasteiger partial charge < -0.3 is 9.84 Å². The molecule has 0 spiro atoms. The maximum atomic E-state index is 11.4. The van der Waals surface area contributed by atoms with Crippen molar-refractivity contribution in [3.63, 3.8) is 0 Å². The minimum absolute atomic E-state index is 0.221. The van der Waals surface area contributed by atoms with Crippen molar-refractivity contribution in [2.75, 3.05) is 5.32 Å². The number of hydrogen-bond acceptors (Lipinski definition) is 4. The Labute approximate surface area is 96.6 Å². The zero-order chi connectivity index (χ0) is 11.4. The molecule has 2 aromatic heterocycles. The summed E-state index contributed by atoms with van der Waals surface area (Å²) in [5.41, 5.74) is 0. The first-order valence-electron chi connectivity index (χ1n) is 4.70. The van der Waals surface area contributed by atoms with Crippen LogP contribution in [-0.2, 0) is 4.79 Å². The van der Waals surface area contributed by atoms with Gasteiger partial charge in [0, 0.05) is 17.0 Å². The monoisotopic (exact) mass is 234 g/mol. The fraction of sp³-hybridized carbons (Fsp3) is 0.0909. The largest absolute Gasteiger partial charge is 0.360 e. The zero-order valence-electron chi connectivity index (χ0n) is 8.64. The van der Waals surface area contributed by atoms with E-state index in [-0.39, 0.29) is 5.91 Å². The summed E-state index contributed by atoms with van der Waals surface area (Å²) in [5.74, 6) is 0.873. The molecule has 2 heterocycles. The molecule has 1 amide bonds. The standard InChI is InChI=1S/C11H10N2O2S/c1-8-7-10(13-15-8)12-11(14)5-4-9-3-2-6-16-9/h2-7H,1H3,(H,12,13,14)/b5-4-. The van der Waals surface area contributed by atoms with E-state index < -0.39 is 0 Å². The highest BCUT2D eigenvalue weighted by molar-refractivity contribution is 7.10. The predicted molar refractivity (Wildman–Crippen MR) is 63.2 cm³/mol. The fourth-order valence-corrected chi connectivity index (χ4v) is 1.76. The van der Waals surface area contributed by atoms with Crippen molar-refractivity contribution in [1.29, 1.82) is 0 Å². The van der Waals surface area contributed by atoms with Crippen molar-refractivity contribution < 1.29 is 9.32 Å². The van der Waals surface area contributed by atoms with Crippen molar-refractivity contribution in [1.82, 2.24) is 5.16 Å². The molecule has 2 aromatic rings. The molecule has 82 valence electrons. The Balaban J connectivity index is 1.94. The molecule has 2 rings (SSSR count). The Kier molecular flexibility index (Phi) is 3.16. The number of rotatable bonds is 3. The van der Waals surface area contributed by atoms with Crippen LogP contribution in [0.25, 0.3) is 6.08 Å². The van der Waals surface area contributed by atoms with Crippen LogP contribution in [0.15, 0.2) is 34.2 Å². The van der Waals surface area contributed by atoms with Gasteiger partial charge in [-0.1, -0.05) is 11.2 Å². The fourth-order valence-electron chi connectivity index (χ4n) is 1.14. The molecule has 16 heavy (non-hydrogen) atoms. The molecular weight excluding hydrogens is 224 g/mol. The lowest BCUT2D eigenvalue weighted by Crippen LogP contribution is -2.07. The van der Waals surface area contributed by atoms with E-state index in [0.29, 0.717) is 11.6 Å². The van der Waals surface area contributed by atoms with Gasteiger partial charge in [0.2, 0.25) is 5.91 Å². The summed E-state index contributed by atoms with van der Waals surface area (Å²) in [6, 6.07) is 5.54. The normalized spacial score (nSPS) is 10.8. The molecule has 0 aromatic carbocycles. The summed E-state index contributed by atoms with van der Waals surface area (Å²) in [6.45, 7) is 1.77. The van der Waals surface area contributed by atoms with Crippen LogP contribution < -0.4 is 5.32 Å². The molecule has 0 radical (unpaired) electrons. The third-order valence-electron chi connectivity index (χ3n) is 1.82. The van der Waals surface area contributed by atoms with Crippen molar-refractivity contribution in [2.24, 2.45) is 0 Å². The summed E-state index contributed by atoms with van der Waals surface area (Å²) in [5, 5.41) is 8.22. The SMILES string of the molecule is Cc1cc(NC(=O)/C=C\c2cccs2)no1. The Bertz CT molecular complexity index is 500. The molecule has 1 N–H and O–H groups in total. The van der Waals surface area contributed by atoms with Gasteiger partial charge in [0.15, 0.2) is 5.82 Å². The van der Waals surface area contributed by atoms with Gasteiger partial charge in [0.05, 0.1) is 0 Å². The molecule has 5 heteroatoms. The van der Waals surface area contributed by atoms with E-state index in [1.54, 1.807) is 30.4 Å². The number of aromatic nitrogens is 1. The molecule has 0 saturated carbocycles. The maximum Gasteiger partial charge on any atom is 0.249 e. The molecule has 0 aliphatic heterocycles. The van der Waals surface area contributed by atoms with Crippen LogP contribution in [0.3, 0.4) is 0 Å². The van der Waals surface area contributed by atoms with Gasteiger partial charge in [-0.3, -0.25) is 4.79 Å². The molecule has 0 aliphatic rings. The third kappa shape index (κ3) is 2.80. The molecule has 4 nitrogen and oxygen atoms in total. The minimum atomic E-state index is -0.221. The van der Waals surface area contributed by atoms with Gasteiger partial charge in [-0.05, 0) is 24.4 Å². The van der Waals surface area contributed by atoms with Gasteiger partial charge in [0.25, 0.3) is 0 Å². The second-order valence-electron chi connectivity index (χ2n) is 3.16. The molecular formula is C11H10N2O2S. The first-order chi connectivity index (χ1) is 7.74. The number of amides is 1. The zero-order valence-corrected chi connectivity index (χ0v) is 9.45. The summed E-state index contributed by atoms with van der Waals surface area (Å²) in [7, 11) is 0. The van der Waals surface area contributed by atoms with Crippen LogP contribution in [0.2, 0.25) is 0 Å². The molecule has 0 aliphatic carbocycles.